The van der Waals surface area contributed by atoms with Gasteiger partial charge in [0.2, 0.25) is 0 Å². The van der Waals surface area contributed by atoms with Gasteiger partial charge in [0, 0.05) is 88.2 Å². The maximum Gasteiger partial charge on any atom is 0.271 e. The summed E-state index contributed by atoms with van der Waals surface area (Å²) in [6, 6.07) is 37.1. The van der Waals surface area contributed by atoms with E-state index in [9.17, 15) is 4.79 Å². The molecule has 3 nitrogen and oxygen atoms in total. The maximum absolute atomic E-state index is 15.2. The summed E-state index contributed by atoms with van der Waals surface area (Å²) < 4.78 is 3.81. The van der Waals surface area contributed by atoms with Crippen LogP contribution in [-0.2, 0) is 23.7 Å². The first kappa shape index (κ1) is 59.0. The lowest BCUT2D eigenvalue weighted by molar-refractivity contribution is 0.0626. The topological polar surface area (TPSA) is 37.4 Å². The zero-order valence-electron chi connectivity index (χ0n) is 49.4. The smallest absolute Gasteiger partial charge is 0.271 e. The summed E-state index contributed by atoms with van der Waals surface area (Å²) in [5, 5.41) is 3.69. The van der Waals surface area contributed by atoms with Crippen molar-refractivity contribution < 1.29 is 9.59 Å². The summed E-state index contributed by atoms with van der Waals surface area (Å²) in [4.78, 5) is 43.0. The quantitative estimate of drug-likeness (QED) is 0.0458. The highest BCUT2D eigenvalue weighted by Gasteiger charge is 2.45. The molecular formula is C71H85NO2S6. The van der Waals surface area contributed by atoms with E-state index in [0.717, 1.165) is 67.9 Å². The minimum absolute atomic E-state index is 0.0998. The lowest BCUT2D eigenvalue weighted by Crippen LogP contribution is -2.34. The van der Waals surface area contributed by atoms with Crippen LogP contribution < -0.4 is 0 Å². The van der Waals surface area contributed by atoms with E-state index in [4.69, 9.17) is 0 Å². The number of rotatable bonds is 28. The predicted molar refractivity (Wildman–Crippen MR) is 356 cm³/mol. The monoisotopic (exact) mass is 1180 g/mol. The summed E-state index contributed by atoms with van der Waals surface area (Å²) in [5.74, 6) is 1.45. The molecule has 2 amide bonds. The predicted octanol–water partition coefficient (Wildman–Crippen LogP) is 23.7. The number of fused-ring (bicyclic) bond motifs is 5. The van der Waals surface area contributed by atoms with Crippen LogP contribution >= 0.6 is 68.0 Å². The van der Waals surface area contributed by atoms with E-state index in [1.165, 1.54) is 133 Å². The van der Waals surface area contributed by atoms with Crippen LogP contribution in [0.25, 0.3) is 60.9 Å². The van der Waals surface area contributed by atoms with Crippen LogP contribution in [0, 0.1) is 17.8 Å². The van der Waals surface area contributed by atoms with Crippen LogP contribution in [0.2, 0.25) is 0 Å². The van der Waals surface area contributed by atoms with Crippen LogP contribution in [0.3, 0.4) is 0 Å². The van der Waals surface area contributed by atoms with Crippen molar-refractivity contribution in [1.29, 1.82) is 0 Å². The van der Waals surface area contributed by atoms with Gasteiger partial charge >= 0.3 is 0 Å². The second-order valence-corrected chi connectivity index (χ2v) is 30.1. The van der Waals surface area contributed by atoms with Crippen LogP contribution in [0.15, 0.2) is 97.1 Å². The fourth-order valence-corrected chi connectivity index (χ4v) is 21.3. The number of imide groups is 1. The van der Waals surface area contributed by atoms with Gasteiger partial charge in [-0.15, -0.1) is 68.0 Å². The summed E-state index contributed by atoms with van der Waals surface area (Å²) in [6.07, 6.45) is 19.3. The van der Waals surface area contributed by atoms with Crippen molar-refractivity contribution in [3.8, 4) is 30.6 Å². The third-order valence-corrected chi connectivity index (χ3v) is 26.1. The second-order valence-electron chi connectivity index (χ2n) is 23.6. The van der Waals surface area contributed by atoms with Gasteiger partial charge in [-0.1, -0.05) is 207 Å². The average Bonchev–Trinajstić information content (AvgIpc) is 4.53. The fraction of sp³-hybridized carbons (Fsp3) is 0.465. The standard InChI is InChI=1S/C71H85NO2S6/c1-11-19-28-45(15-5)40-50-35-37-54(75-50)58-52-42-56(64-65-60(67(80-64)71(10,39-14-4)49-33-26-23-27-34-49)61-66(79-65)69(74)72(68(61)73)44-47(17-7)30-21-13-3)77-62(52)59(55-38-36-51(76-55)41-46(16-6)29-20-12-2)53-43-57(78-63(53)58)70(9,18-8)48-31-24-22-25-32-48/h22-27,31-38,42-43,45-47H,11-21,28-30,39-41,44H2,1-10H3. The number of carbonyl (C=O) groups excluding carboxylic acids is 2. The molecule has 422 valence electrons. The highest BCUT2D eigenvalue weighted by molar-refractivity contribution is 7.32. The molecule has 5 unspecified atom stereocenters. The lowest BCUT2D eigenvalue weighted by Gasteiger charge is -2.30. The Bertz CT molecular complexity index is 3450. The normalized spacial score (nSPS) is 15.6. The number of thiophene rings is 6. The van der Waals surface area contributed by atoms with Crippen molar-refractivity contribution in [3.05, 3.63) is 138 Å². The fourth-order valence-electron chi connectivity index (χ4n) is 13.0. The number of amides is 2. The van der Waals surface area contributed by atoms with Crippen molar-refractivity contribution in [2.24, 2.45) is 17.8 Å². The minimum Gasteiger partial charge on any atom is -0.273 e. The van der Waals surface area contributed by atoms with Crippen LogP contribution in [0.5, 0.6) is 0 Å². The van der Waals surface area contributed by atoms with Crippen molar-refractivity contribution in [1.82, 2.24) is 4.90 Å². The molecule has 0 N–H and O–H groups in total. The van der Waals surface area contributed by atoms with E-state index in [2.05, 4.69) is 166 Å². The first-order valence-corrected chi connectivity index (χ1v) is 35.6. The van der Waals surface area contributed by atoms with Crippen molar-refractivity contribution in [2.45, 2.75) is 189 Å². The molecule has 1 aliphatic rings. The summed E-state index contributed by atoms with van der Waals surface area (Å²) in [7, 11) is 0. The zero-order chi connectivity index (χ0) is 56.3. The summed E-state index contributed by atoms with van der Waals surface area (Å²) >= 11 is 11.5. The van der Waals surface area contributed by atoms with Crippen LogP contribution in [0.1, 0.15) is 216 Å². The van der Waals surface area contributed by atoms with E-state index < -0.39 is 0 Å². The SMILES string of the molecule is CCCCC(CC)Cc1ccc(-c2c3cc(C(C)(CC)c4ccccc4)sc3c(-c3ccc(CC(CC)CCCC)s3)c3cc(-c4sc(C(C)(CCC)c5ccccc5)c5c6c(sc45)C(=O)N(CC(CC)CCCC)C6=O)sc23)s1. The van der Waals surface area contributed by atoms with Gasteiger partial charge in [0.1, 0.15) is 4.88 Å². The van der Waals surface area contributed by atoms with Crippen molar-refractivity contribution in [2.75, 3.05) is 6.54 Å². The zero-order valence-corrected chi connectivity index (χ0v) is 54.3. The molecule has 6 aromatic heterocycles. The molecule has 0 spiro atoms. The summed E-state index contributed by atoms with van der Waals surface area (Å²) in [6.45, 7) is 23.8. The summed E-state index contributed by atoms with van der Waals surface area (Å²) in [5.41, 5.74) is 5.44. The number of nitrogens with zero attached hydrogens (tertiary/aromatic N) is 1. The third kappa shape index (κ3) is 11.2. The molecule has 1 aliphatic heterocycles. The van der Waals surface area contributed by atoms with Crippen molar-refractivity contribution in [3.63, 3.8) is 0 Å². The van der Waals surface area contributed by atoms with Crippen LogP contribution in [0.4, 0.5) is 0 Å². The van der Waals surface area contributed by atoms with E-state index in [-0.39, 0.29) is 22.6 Å². The largest absolute Gasteiger partial charge is 0.273 e. The lowest BCUT2D eigenvalue weighted by atomic mass is 9.76. The average molecular weight is 1180 g/mol. The number of hydrogen-bond acceptors (Lipinski definition) is 8. The Labute approximate surface area is 502 Å². The Morgan fingerprint density at radius 1 is 0.475 bits per heavy atom. The van der Waals surface area contributed by atoms with Gasteiger partial charge in [-0.2, -0.15) is 0 Å². The van der Waals surface area contributed by atoms with E-state index in [0.29, 0.717) is 34.7 Å². The number of hydrogen-bond donors (Lipinski definition) is 0. The Hall–Kier alpha value is -4.22. The van der Waals surface area contributed by atoms with Crippen LogP contribution in [-0.4, -0.2) is 23.3 Å². The highest BCUT2D eigenvalue weighted by Crippen LogP contribution is 2.59. The first-order valence-electron chi connectivity index (χ1n) is 30.7. The van der Waals surface area contributed by atoms with Gasteiger partial charge in [0.05, 0.1) is 15.1 Å². The first-order chi connectivity index (χ1) is 38.9. The molecule has 80 heavy (non-hydrogen) atoms. The molecule has 9 heteroatoms. The molecule has 7 heterocycles. The van der Waals surface area contributed by atoms with Gasteiger partial charge in [-0.25, -0.2) is 0 Å². The van der Waals surface area contributed by atoms with Crippen molar-refractivity contribution >= 4 is 110 Å². The third-order valence-electron chi connectivity index (χ3n) is 18.3. The molecule has 0 bridgehead atoms. The van der Waals surface area contributed by atoms with E-state index in [1.54, 1.807) is 16.2 Å². The minimum atomic E-state index is -0.381. The Morgan fingerprint density at radius 2 is 1.00 bits per heavy atom. The molecule has 0 saturated heterocycles. The Balaban J connectivity index is 1.25. The number of carbonyl (C=O) groups is 2. The molecule has 0 aliphatic carbocycles. The molecule has 3 aromatic carbocycles. The van der Waals surface area contributed by atoms with Gasteiger partial charge in [0.15, 0.2) is 0 Å². The molecule has 0 radical (unpaired) electrons. The maximum atomic E-state index is 15.2. The molecule has 0 fully saturated rings. The van der Waals surface area contributed by atoms with Gasteiger partial charge < -0.3 is 0 Å². The molecule has 10 rings (SSSR count). The Kier molecular flexibility index (Phi) is 19.0. The molecule has 5 atom stereocenters. The van der Waals surface area contributed by atoms with Gasteiger partial charge in [0.25, 0.3) is 11.8 Å². The molecular weight excluding hydrogens is 1090 g/mol. The highest BCUT2D eigenvalue weighted by atomic mass is 32.1. The molecule has 0 saturated carbocycles. The van der Waals surface area contributed by atoms with E-state index in [1.807, 2.05) is 56.7 Å². The van der Waals surface area contributed by atoms with Gasteiger partial charge in [-0.3, -0.25) is 14.5 Å². The molecule has 9 aromatic rings. The Morgan fingerprint density at radius 3 is 1.52 bits per heavy atom. The second kappa shape index (κ2) is 25.7. The van der Waals surface area contributed by atoms with Gasteiger partial charge in [-0.05, 0) is 97.4 Å². The number of benzene rings is 3. The van der Waals surface area contributed by atoms with E-state index >= 15 is 4.79 Å². The number of unbranched alkanes of at least 4 members (excludes halogenated alkanes) is 3.